The Morgan fingerprint density at radius 2 is 2.00 bits per heavy atom. The largest absolute Gasteiger partial charge is 0.272 e. The molecule has 0 spiro atoms. The van der Waals surface area contributed by atoms with E-state index in [1.165, 1.54) is 6.20 Å². The van der Waals surface area contributed by atoms with Gasteiger partial charge in [-0.1, -0.05) is 36.4 Å². The first kappa shape index (κ1) is 13.7. The number of carbonyl (C=O) groups excluding carboxylic acids is 1. The smallest absolute Gasteiger partial charge is 0.267 e. The molecule has 0 radical (unpaired) electrons. The molecule has 4 nitrogen and oxygen atoms in total. The summed E-state index contributed by atoms with van der Waals surface area (Å²) in [5.74, 6) is -0.276. The van der Waals surface area contributed by atoms with Crippen molar-refractivity contribution in [2.75, 3.05) is 0 Å². The molecule has 1 aromatic heterocycles. The molecule has 1 aromatic carbocycles. The van der Waals surface area contributed by atoms with Gasteiger partial charge in [0.2, 0.25) is 0 Å². The highest BCUT2D eigenvalue weighted by atomic mass is 16.2. The van der Waals surface area contributed by atoms with Crippen LogP contribution in [-0.4, -0.2) is 17.1 Å². The molecule has 0 aliphatic heterocycles. The third kappa shape index (κ3) is 4.17. The van der Waals surface area contributed by atoms with E-state index in [9.17, 15) is 4.79 Å². The van der Waals surface area contributed by atoms with Crippen molar-refractivity contribution in [2.45, 2.75) is 6.92 Å². The maximum Gasteiger partial charge on any atom is 0.272 e. The number of rotatable bonds is 4. The van der Waals surface area contributed by atoms with Crippen molar-refractivity contribution in [3.63, 3.8) is 0 Å². The van der Waals surface area contributed by atoms with Gasteiger partial charge in [0.05, 0.1) is 11.8 Å². The second kappa shape index (κ2) is 6.99. The van der Waals surface area contributed by atoms with Crippen molar-refractivity contribution < 1.29 is 4.79 Å². The van der Waals surface area contributed by atoms with Crippen LogP contribution >= 0.6 is 0 Å². The molecule has 0 aliphatic rings. The van der Waals surface area contributed by atoms with E-state index < -0.39 is 0 Å². The predicted molar refractivity (Wildman–Crippen MR) is 80.3 cm³/mol. The second-order valence-corrected chi connectivity index (χ2v) is 4.24. The molecule has 0 unspecified atom stereocenters. The van der Waals surface area contributed by atoms with E-state index >= 15 is 0 Å². The van der Waals surface area contributed by atoms with E-state index in [2.05, 4.69) is 15.5 Å². The molecule has 20 heavy (non-hydrogen) atoms. The van der Waals surface area contributed by atoms with Crippen molar-refractivity contribution in [3.05, 3.63) is 71.6 Å². The Balaban J connectivity index is 1.94. The Hall–Kier alpha value is -2.75. The minimum Gasteiger partial charge on any atom is -0.267 e. The van der Waals surface area contributed by atoms with E-state index in [0.29, 0.717) is 5.56 Å². The van der Waals surface area contributed by atoms with Crippen molar-refractivity contribution >= 4 is 18.2 Å². The van der Waals surface area contributed by atoms with Gasteiger partial charge in [-0.25, -0.2) is 5.43 Å². The lowest BCUT2D eigenvalue weighted by atomic mass is 10.1. The van der Waals surface area contributed by atoms with E-state index in [-0.39, 0.29) is 5.91 Å². The average Bonchev–Trinajstić information content (AvgIpc) is 2.49. The number of hydrogen-bond donors (Lipinski definition) is 1. The van der Waals surface area contributed by atoms with Gasteiger partial charge in [0.25, 0.3) is 5.91 Å². The SMILES string of the molecule is CC(/C=N\NC(=O)c1cccnc1)=C/c1ccccc1. The summed E-state index contributed by atoms with van der Waals surface area (Å²) < 4.78 is 0. The lowest BCUT2D eigenvalue weighted by molar-refractivity contribution is 0.0955. The molecule has 2 aromatic rings. The maximum atomic E-state index is 11.7. The first-order chi connectivity index (χ1) is 9.75. The second-order valence-electron chi connectivity index (χ2n) is 4.24. The normalized spacial score (nSPS) is 11.6. The summed E-state index contributed by atoms with van der Waals surface area (Å²) in [6, 6.07) is 13.3. The number of amides is 1. The fourth-order valence-corrected chi connectivity index (χ4v) is 1.60. The van der Waals surface area contributed by atoms with Gasteiger partial charge in [-0.2, -0.15) is 5.10 Å². The lowest BCUT2D eigenvalue weighted by Crippen LogP contribution is -2.17. The molecule has 0 saturated carbocycles. The number of carbonyl (C=O) groups is 1. The quantitative estimate of drug-likeness (QED) is 0.682. The number of aromatic nitrogens is 1. The Bertz CT molecular complexity index is 619. The zero-order valence-corrected chi connectivity index (χ0v) is 11.2. The van der Waals surface area contributed by atoms with Gasteiger partial charge in [-0.05, 0) is 30.2 Å². The van der Waals surface area contributed by atoms with Crippen LogP contribution in [0.3, 0.4) is 0 Å². The molecule has 1 N–H and O–H groups in total. The third-order valence-electron chi connectivity index (χ3n) is 2.55. The number of nitrogens with zero attached hydrogens (tertiary/aromatic N) is 2. The van der Waals surface area contributed by atoms with Crippen LogP contribution in [0.15, 0.2) is 65.5 Å². The number of hydrazone groups is 1. The predicted octanol–water partition coefficient (Wildman–Crippen LogP) is 2.90. The van der Waals surface area contributed by atoms with Gasteiger partial charge >= 0.3 is 0 Å². The van der Waals surface area contributed by atoms with Crippen LogP contribution in [0.5, 0.6) is 0 Å². The summed E-state index contributed by atoms with van der Waals surface area (Å²) in [6.45, 7) is 1.92. The highest BCUT2D eigenvalue weighted by molar-refractivity contribution is 5.94. The van der Waals surface area contributed by atoms with E-state index in [0.717, 1.165) is 11.1 Å². The van der Waals surface area contributed by atoms with Crippen molar-refractivity contribution in [2.24, 2.45) is 5.10 Å². The molecule has 1 amide bonds. The molecule has 100 valence electrons. The van der Waals surface area contributed by atoms with Gasteiger partial charge in [0.1, 0.15) is 0 Å². The Morgan fingerprint density at radius 3 is 2.70 bits per heavy atom. The van der Waals surface area contributed by atoms with Gasteiger partial charge in [0, 0.05) is 12.4 Å². The lowest BCUT2D eigenvalue weighted by Gasteiger charge is -1.98. The van der Waals surface area contributed by atoms with Gasteiger partial charge < -0.3 is 0 Å². The zero-order valence-electron chi connectivity index (χ0n) is 11.2. The summed E-state index contributed by atoms with van der Waals surface area (Å²) in [7, 11) is 0. The zero-order chi connectivity index (χ0) is 14.2. The molecule has 0 atom stereocenters. The molecule has 1 heterocycles. The molecule has 0 fully saturated rings. The number of allylic oxidation sites excluding steroid dienone is 1. The van der Waals surface area contributed by atoms with E-state index in [4.69, 9.17) is 0 Å². The molecule has 0 aliphatic carbocycles. The first-order valence-electron chi connectivity index (χ1n) is 6.22. The van der Waals surface area contributed by atoms with Crippen LogP contribution in [-0.2, 0) is 0 Å². The Morgan fingerprint density at radius 1 is 1.20 bits per heavy atom. The number of nitrogens with one attached hydrogen (secondary N) is 1. The minimum atomic E-state index is -0.276. The number of hydrogen-bond acceptors (Lipinski definition) is 3. The molecule has 0 saturated heterocycles. The van der Waals surface area contributed by atoms with Gasteiger partial charge in [0.15, 0.2) is 0 Å². The molecular weight excluding hydrogens is 250 g/mol. The summed E-state index contributed by atoms with van der Waals surface area (Å²) in [6.07, 6.45) is 6.71. The monoisotopic (exact) mass is 265 g/mol. The summed E-state index contributed by atoms with van der Waals surface area (Å²) in [4.78, 5) is 15.6. The molecular formula is C16H15N3O. The Labute approximate surface area is 117 Å². The molecule has 4 heteroatoms. The van der Waals surface area contributed by atoms with Crippen LogP contribution in [0, 0.1) is 0 Å². The van der Waals surface area contributed by atoms with Crippen molar-refractivity contribution in [1.82, 2.24) is 10.4 Å². The summed E-state index contributed by atoms with van der Waals surface area (Å²) in [5, 5.41) is 3.92. The highest BCUT2D eigenvalue weighted by Gasteiger charge is 2.01. The fourth-order valence-electron chi connectivity index (χ4n) is 1.60. The maximum absolute atomic E-state index is 11.7. The highest BCUT2D eigenvalue weighted by Crippen LogP contribution is 2.04. The third-order valence-corrected chi connectivity index (χ3v) is 2.55. The summed E-state index contributed by atoms with van der Waals surface area (Å²) >= 11 is 0. The Kier molecular flexibility index (Phi) is 4.78. The van der Waals surface area contributed by atoms with E-state index in [1.54, 1.807) is 24.5 Å². The topological polar surface area (TPSA) is 54.4 Å². The fraction of sp³-hybridized carbons (Fsp3) is 0.0625. The standard InChI is InChI=1S/C16H15N3O/c1-13(10-14-6-3-2-4-7-14)11-18-19-16(20)15-8-5-9-17-12-15/h2-12H,1H3,(H,19,20)/b13-10-,18-11-. The average molecular weight is 265 g/mol. The molecule has 0 bridgehead atoms. The van der Waals surface area contributed by atoms with Crippen LogP contribution in [0.25, 0.3) is 6.08 Å². The van der Waals surface area contributed by atoms with Gasteiger partial charge in [-0.15, -0.1) is 0 Å². The summed E-state index contributed by atoms with van der Waals surface area (Å²) in [5.41, 5.74) is 4.99. The van der Waals surface area contributed by atoms with E-state index in [1.807, 2.05) is 43.3 Å². The first-order valence-corrected chi connectivity index (χ1v) is 6.22. The molecule has 2 rings (SSSR count). The van der Waals surface area contributed by atoms with Crippen LogP contribution in [0.4, 0.5) is 0 Å². The van der Waals surface area contributed by atoms with Gasteiger partial charge in [-0.3, -0.25) is 9.78 Å². The number of benzene rings is 1. The number of pyridine rings is 1. The van der Waals surface area contributed by atoms with Crippen LogP contribution < -0.4 is 5.43 Å². The minimum absolute atomic E-state index is 0.276. The van der Waals surface area contributed by atoms with Crippen LogP contribution in [0.1, 0.15) is 22.8 Å². The van der Waals surface area contributed by atoms with Crippen LogP contribution in [0.2, 0.25) is 0 Å². The van der Waals surface area contributed by atoms with Crippen molar-refractivity contribution in [1.29, 1.82) is 0 Å². The van der Waals surface area contributed by atoms with Crippen molar-refractivity contribution in [3.8, 4) is 0 Å².